The molecular weight excluding hydrogens is 276 g/mol. The molecule has 1 aromatic rings. The van der Waals surface area contributed by atoms with E-state index in [1.54, 1.807) is 0 Å². The van der Waals surface area contributed by atoms with Gasteiger partial charge in [-0.2, -0.15) is 0 Å². The van der Waals surface area contributed by atoms with E-state index in [9.17, 15) is 4.79 Å². The topological polar surface area (TPSA) is 41.6 Å². The number of carbonyl (C=O) groups is 1. The molecule has 1 heterocycles. The Labute approximate surface area is 132 Å². The zero-order valence-corrected chi connectivity index (χ0v) is 13.4. The molecule has 1 N–H and O–H groups in total. The fourth-order valence-corrected chi connectivity index (χ4v) is 3.24. The van der Waals surface area contributed by atoms with E-state index in [0.717, 1.165) is 30.3 Å². The molecule has 1 saturated carbocycles. The van der Waals surface area contributed by atoms with Crippen LogP contribution >= 0.6 is 0 Å². The second kappa shape index (κ2) is 7.14. The highest BCUT2D eigenvalue weighted by Crippen LogP contribution is 2.31. The minimum atomic E-state index is 0.133. The first-order chi connectivity index (χ1) is 10.7. The Morgan fingerprint density at radius 1 is 1.18 bits per heavy atom. The standard InChI is InChI=1S/C18H26N2O2/c1-2-22-17-7-3-15(4-8-17)19-18(21)13-14-9-11-20(12-10-14)16-5-6-16/h3-4,7-8,14,16H,2,5-6,9-13H2,1H3,(H,19,21). The number of nitrogens with zero attached hydrogens (tertiary/aromatic N) is 1. The summed E-state index contributed by atoms with van der Waals surface area (Å²) in [5.41, 5.74) is 0.851. The molecule has 1 aliphatic carbocycles. The van der Waals surface area contributed by atoms with Gasteiger partial charge in [-0.15, -0.1) is 0 Å². The first-order valence-electron chi connectivity index (χ1n) is 8.51. The van der Waals surface area contributed by atoms with E-state index >= 15 is 0 Å². The summed E-state index contributed by atoms with van der Waals surface area (Å²) in [5, 5.41) is 3.00. The highest BCUT2D eigenvalue weighted by Gasteiger charge is 2.32. The second-order valence-corrected chi connectivity index (χ2v) is 6.42. The van der Waals surface area contributed by atoms with Crippen molar-refractivity contribution in [1.82, 2.24) is 4.90 Å². The minimum absolute atomic E-state index is 0.133. The summed E-state index contributed by atoms with van der Waals surface area (Å²) in [6.07, 6.45) is 5.72. The Hall–Kier alpha value is -1.55. The van der Waals surface area contributed by atoms with Crippen LogP contribution in [-0.2, 0) is 4.79 Å². The molecule has 0 aromatic heterocycles. The maximum Gasteiger partial charge on any atom is 0.224 e. The lowest BCUT2D eigenvalue weighted by atomic mass is 9.93. The molecule has 0 bridgehead atoms. The van der Waals surface area contributed by atoms with Crippen LogP contribution in [0.25, 0.3) is 0 Å². The number of amides is 1. The number of ether oxygens (including phenoxy) is 1. The molecule has 0 atom stereocenters. The van der Waals surface area contributed by atoms with Crippen LogP contribution in [0.5, 0.6) is 5.75 Å². The molecule has 4 nitrogen and oxygen atoms in total. The van der Waals surface area contributed by atoms with Crippen molar-refractivity contribution < 1.29 is 9.53 Å². The number of carbonyl (C=O) groups excluding carboxylic acids is 1. The van der Waals surface area contributed by atoms with Crippen LogP contribution < -0.4 is 10.1 Å². The van der Waals surface area contributed by atoms with Gasteiger partial charge in [-0.05, 0) is 75.9 Å². The summed E-state index contributed by atoms with van der Waals surface area (Å²) in [7, 11) is 0. The van der Waals surface area contributed by atoms with Crippen LogP contribution in [0.3, 0.4) is 0 Å². The van der Waals surface area contributed by atoms with Gasteiger partial charge in [0, 0.05) is 18.2 Å². The molecule has 0 radical (unpaired) electrons. The van der Waals surface area contributed by atoms with E-state index in [1.165, 1.54) is 25.9 Å². The van der Waals surface area contributed by atoms with Crippen molar-refractivity contribution in [3.63, 3.8) is 0 Å². The largest absolute Gasteiger partial charge is 0.494 e. The highest BCUT2D eigenvalue weighted by molar-refractivity contribution is 5.90. The number of hydrogen-bond acceptors (Lipinski definition) is 3. The van der Waals surface area contributed by atoms with E-state index in [2.05, 4.69) is 10.2 Å². The zero-order chi connectivity index (χ0) is 15.4. The molecule has 0 unspecified atom stereocenters. The molecule has 1 aromatic carbocycles. The molecule has 4 heteroatoms. The average Bonchev–Trinajstić information content (AvgIpc) is 3.35. The van der Waals surface area contributed by atoms with Crippen LogP contribution in [0.15, 0.2) is 24.3 Å². The molecule has 22 heavy (non-hydrogen) atoms. The molecule has 0 spiro atoms. The van der Waals surface area contributed by atoms with Crippen molar-refractivity contribution in [2.45, 2.75) is 45.1 Å². The van der Waals surface area contributed by atoms with Gasteiger partial charge in [-0.3, -0.25) is 4.79 Å². The predicted octanol–water partition coefficient (Wildman–Crippen LogP) is 3.29. The summed E-state index contributed by atoms with van der Waals surface area (Å²) in [5.74, 6) is 1.51. The Morgan fingerprint density at radius 3 is 2.45 bits per heavy atom. The van der Waals surface area contributed by atoms with Crippen molar-refractivity contribution in [3.8, 4) is 5.75 Å². The molecular formula is C18H26N2O2. The third-order valence-corrected chi connectivity index (χ3v) is 4.64. The molecule has 1 amide bonds. The first-order valence-corrected chi connectivity index (χ1v) is 8.51. The highest BCUT2D eigenvalue weighted by atomic mass is 16.5. The van der Waals surface area contributed by atoms with E-state index in [-0.39, 0.29) is 5.91 Å². The lowest BCUT2D eigenvalue weighted by Crippen LogP contribution is -2.36. The van der Waals surface area contributed by atoms with Crippen LogP contribution in [0.1, 0.15) is 39.0 Å². The Balaban J connectivity index is 1.42. The normalized spacial score (nSPS) is 19.9. The minimum Gasteiger partial charge on any atom is -0.494 e. The number of anilines is 1. The Bertz CT molecular complexity index is 488. The zero-order valence-electron chi connectivity index (χ0n) is 13.4. The third-order valence-electron chi connectivity index (χ3n) is 4.64. The summed E-state index contributed by atoms with van der Waals surface area (Å²) < 4.78 is 5.40. The van der Waals surface area contributed by atoms with Gasteiger partial charge in [-0.25, -0.2) is 0 Å². The third kappa shape index (κ3) is 4.23. The van der Waals surface area contributed by atoms with Gasteiger partial charge >= 0.3 is 0 Å². The van der Waals surface area contributed by atoms with Crippen LogP contribution in [0, 0.1) is 5.92 Å². The number of benzene rings is 1. The van der Waals surface area contributed by atoms with Crippen molar-refractivity contribution in [2.75, 3.05) is 25.0 Å². The number of rotatable bonds is 6. The van der Waals surface area contributed by atoms with Crippen molar-refractivity contribution in [2.24, 2.45) is 5.92 Å². The van der Waals surface area contributed by atoms with E-state index < -0.39 is 0 Å². The van der Waals surface area contributed by atoms with Gasteiger partial charge < -0.3 is 15.0 Å². The van der Waals surface area contributed by atoms with Gasteiger partial charge in [0.2, 0.25) is 5.91 Å². The maximum atomic E-state index is 12.2. The SMILES string of the molecule is CCOc1ccc(NC(=O)CC2CCN(C3CC3)CC2)cc1. The van der Waals surface area contributed by atoms with Crippen molar-refractivity contribution in [1.29, 1.82) is 0 Å². The van der Waals surface area contributed by atoms with Crippen LogP contribution in [-0.4, -0.2) is 36.5 Å². The summed E-state index contributed by atoms with van der Waals surface area (Å²) in [6, 6.07) is 8.45. The quantitative estimate of drug-likeness (QED) is 0.876. The van der Waals surface area contributed by atoms with E-state index in [4.69, 9.17) is 4.74 Å². The van der Waals surface area contributed by atoms with Crippen LogP contribution in [0.4, 0.5) is 5.69 Å². The second-order valence-electron chi connectivity index (χ2n) is 6.42. The molecule has 3 rings (SSSR count). The maximum absolute atomic E-state index is 12.2. The Morgan fingerprint density at radius 2 is 1.86 bits per heavy atom. The van der Waals surface area contributed by atoms with E-state index in [0.29, 0.717) is 18.9 Å². The number of nitrogens with one attached hydrogen (secondary N) is 1. The molecule has 1 aliphatic heterocycles. The fourth-order valence-electron chi connectivity index (χ4n) is 3.24. The lowest BCUT2D eigenvalue weighted by molar-refractivity contribution is -0.117. The lowest BCUT2D eigenvalue weighted by Gasteiger charge is -2.31. The average molecular weight is 302 g/mol. The van der Waals surface area contributed by atoms with Crippen LogP contribution in [0.2, 0.25) is 0 Å². The molecule has 120 valence electrons. The van der Waals surface area contributed by atoms with Gasteiger partial charge in [0.25, 0.3) is 0 Å². The van der Waals surface area contributed by atoms with Gasteiger partial charge in [0.15, 0.2) is 0 Å². The smallest absolute Gasteiger partial charge is 0.224 e. The van der Waals surface area contributed by atoms with Crippen molar-refractivity contribution >= 4 is 11.6 Å². The summed E-state index contributed by atoms with van der Waals surface area (Å²) >= 11 is 0. The molecule has 1 saturated heterocycles. The number of likely N-dealkylation sites (tertiary alicyclic amines) is 1. The Kier molecular flexibility index (Phi) is 4.98. The van der Waals surface area contributed by atoms with Gasteiger partial charge in [0.1, 0.15) is 5.75 Å². The van der Waals surface area contributed by atoms with Gasteiger partial charge in [-0.1, -0.05) is 0 Å². The van der Waals surface area contributed by atoms with Gasteiger partial charge in [0.05, 0.1) is 6.61 Å². The summed E-state index contributed by atoms with van der Waals surface area (Å²) in [6.45, 7) is 4.97. The molecule has 2 fully saturated rings. The monoisotopic (exact) mass is 302 g/mol. The fraction of sp³-hybridized carbons (Fsp3) is 0.611. The number of piperidine rings is 1. The first kappa shape index (κ1) is 15.3. The molecule has 2 aliphatic rings. The summed E-state index contributed by atoms with van der Waals surface area (Å²) in [4.78, 5) is 14.8. The number of hydrogen-bond donors (Lipinski definition) is 1. The van der Waals surface area contributed by atoms with E-state index in [1.807, 2.05) is 31.2 Å². The van der Waals surface area contributed by atoms with Crippen molar-refractivity contribution in [3.05, 3.63) is 24.3 Å². The predicted molar refractivity (Wildman–Crippen MR) is 88.2 cm³/mol.